The van der Waals surface area contributed by atoms with Crippen LogP contribution in [0.1, 0.15) is 11.1 Å². The number of rotatable bonds is 4. The van der Waals surface area contributed by atoms with Crippen LogP contribution in [0, 0.1) is 0 Å². The van der Waals surface area contributed by atoms with Gasteiger partial charge in [0.15, 0.2) is 0 Å². The highest BCUT2D eigenvalue weighted by molar-refractivity contribution is 5.89. The Hall–Kier alpha value is -2.81. The Morgan fingerprint density at radius 1 is 0.955 bits per heavy atom. The molecule has 0 radical (unpaired) electrons. The first-order valence-electron chi connectivity index (χ1n) is 7.52. The molecule has 2 heterocycles. The van der Waals surface area contributed by atoms with E-state index in [0.717, 1.165) is 24.0 Å². The van der Waals surface area contributed by atoms with Crippen molar-refractivity contribution in [3.63, 3.8) is 0 Å². The molecule has 0 aliphatic carbocycles. The maximum Gasteiger partial charge on any atom is 0.0456 e. The minimum Gasteiger partial charge on any atom is -0.361 e. The molecule has 0 aliphatic heterocycles. The fraction of sp³-hybridized carbons (Fsp3) is 0.105. The van der Waals surface area contributed by atoms with Gasteiger partial charge in [0.2, 0.25) is 0 Å². The van der Waals surface area contributed by atoms with E-state index in [1.165, 1.54) is 21.9 Å². The molecule has 0 bridgehead atoms. The van der Waals surface area contributed by atoms with Crippen molar-refractivity contribution in [2.24, 2.45) is 4.99 Å². The fourth-order valence-corrected chi connectivity index (χ4v) is 2.85. The number of nitrogens with one attached hydrogen (secondary N) is 2. The van der Waals surface area contributed by atoms with Gasteiger partial charge in [-0.15, -0.1) is 0 Å². The summed E-state index contributed by atoms with van der Waals surface area (Å²) in [5, 5.41) is 2.52. The second kappa shape index (κ2) is 5.53. The van der Waals surface area contributed by atoms with Gasteiger partial charge in [-0.1, -0.05) is 24.3 Å². The Kier molecular flexibility index (Phi) is 3.24. The average molecular weight is 287 g/mol. The van der Waals surface area contributed by atoms with Crippen molar-refractivity contribution in [2.45, 2.75) is 6.42 Å². The molecule has 0 unspecified atom stereocenters. The van der Waals surface area contributed by atoms with E-state index in [-0.39, 0.29) is 0 Å². The van der Waals surface area contributed by atoms with Crippen LogP contribution in [0.25, 0.3) is 21.8 Å². The van der Waals surface area contributed by atoms with E-state index in [1.54, 1.807) is 0 Å². The number of hydrogen-bond donors (Lipinski definition) is 2. The summed E-state index contributed by atoms with van der Waals surface area (Å²) in [5.41, 5.74) is 4.83. The number of benzene rings is 2. The molecule has 0 spiro atoms. The number of fused-ring (bicyclic) bond motifs is 2. The van der Waals surface area contributed by atoms with E-state index in [4.69, 9.17) is 0 Å². The van der Waals surface area contributed by atoms with E-state index in [0.29, 0.717) is 0 Å². The lowest BCUT2D eigenvalue weighted by molar-refractivity contribution is 0.981. The lowest BCUT2D eigenvalue weighted by Crippen LogP contribution is -1.89. The third-order valence-electron chi connectivity index (χ3n) is 4.00. The second-order valence-electron chi connectivity index (χ2n) is 5.47. The van der Waals surface area contributed by atoms with Gasteiger partial charge < -0.3 is 9.97 Å². The number of hydrogen-bond acceptors (Lipinski definition) is 1. The van der Waals surface area contributed by atoms with Gasteiger partial charge in [-0.3, -0.25) is 4.99 Å². The van der Waals surface area contributed by atoms with Crippen molar-refractivity contribution in [3.8, 4) is 0 Å². The van der Waals surface area contributed by atoms with Crippen LogP contribution in [0.3, 0.4) is 0 Å². The van der Waals surface area contributed by atoms with E-state index >= 15 is 0 Å². The van der Waals surface area contributed by atoms with Crippen LogP contribution in [0.5, 0.6) is 0 Å². The molecule has 0 saturated carbocycles. The summed E-state index contributed by atoms with van der Waals surface area (Å²) < 4.78 is 0. The fourth-order valence-electron chi connectivity index (χ4n) is 2.85. The average Bonchev–Trinajstić information content (AvgIpc) is 3.18. The number of aliphatic imine (C=N–C) groups is 1. The summed E-state index contributed by atoms with van der Waals surface area (Å²) in [7, 11) is 0. The maximum atomic E-state index is 4.57. The van der Waals surface area contributed by atoms with Crippen LogP contribution in [0.15, 0.2) is 65.9 Å². The molecule has 4 aromatic rings. The third kappa shape index (κ3) is 2.42. The summed E-state index contributed by atoms with van der Waals surface area (Å²) in [6.45, 7) is 0.799. The number of aromatic amines is 2. The molecule has 108 valence electrons. The molecule has 2 aromatic carbocycles. The monoisotopic (exact) mass is 287 g/mol. The highest BCUT2D eigenvalue weighted by atomic mass is 14.7. The van der Waals surface area contributed by atoms with E-state index < -0.39 is 0 Å². The highest BCUT2D eigenvalue weighted by Crippen LogP contribution is 2.18. The van der Waals surface area contributed by atoms with Crippen molar-refractivity contribution in [2.75, 3.05) is 6.54 Å². The van der Waals surface area contributed by atoms with Crippen LogP contribution >= 0.6 is 0 Å². The van der Waals surface area contributed by atoms with Crippen molar-refractivity contribution in [1.82, 2.24) is 9.97 Å². The number of para-hydroxylation sites is 1. The Morgan fingerprint density at radius 2 is 1.91 bits per heavy atom. The lowest BCUT2D eigenvalue weighted by atomic mass is 10.1. The van der Waals surface area contributed by atoms with Gasteiger partial charge in [-0.2, -0.15) is 0 Å². The Labute approximate surface area is 128 Å². The minimum atomic E-state index is 0.799. The molecule has 4 rings (SSSR count). The first kappa shape index (κ1) is 12.9. The molecular formula is C19H17N3. The Morgan fingerprint density at radius 3 is 2.91 bits per heavy atom. The second-order valence-corrected chi connectivity index (χ2v) is 5.47. The summed E-state index contributed by atoms with van der Waals surface area (Å²) in [6.07, 6.45) is 6.96. The van der Waals surface area contributed by atoms with Gasteiger partial charge in [-0.25, -0.2) is 0 Å². The maximum absolute atomic E-state index is 4.57. The molecule has 0 aliphatic rings. The molecule has 2 aromatic heterocycles. The van der Waals surface area contributed by atoms with Crippen molar-refractivity contribution in [1.29, 1.82) is 0 Å². The van der Waals surface area contributed by atoms with Crippen LogP contribution in [0.4, 0.5) is 0 Å². The van der Waals surface area contributed by atoms with Crippen LogP contribution in [-0.4, -0.2) is 22.7 Å². The van der Waals surface area contributed by atoms with Crippen molar-refractivity contribution in [3.05, 3.63) is 72.1 Å². The molecule has 0 saturated heterocycles. The molecule has 22 heavy (non-hydrogen) atoms. The number of nitrogens with zero attached hydrogens (tertiary/aromatic N) is 1. The number of aromatic nitrogens is 2. The smallest absolute Gasteiger partial charge is 0.0456 e. The Bertz CT molecular complexity index is 943. The topological polar surface area (TPSA) is 43.9 Å². The van der Waals surface area contributed by atoms with E-state index in [9.17, 15) is 0 Å². The first-order valence-corrected chi connectivity index (χ1v) is 7.52. The SMILES string of the molecule is C(=NCCc1c[nH]c2ccccc12)c1ccc2[nH]ccc2c1. The predicted molar refractivity (Wildman–Crippen MR) is 92.8 cm³/mol. The molecule has 3 nitrogen and oxygen atoms in total. The minimum absolute atomic E-state index is 0.799. The Balaban J connectivity index is 1.45. The quantitative estimate of drug-likeness (QED) is 0.525. The predicted octanol–water partition coefficient (Wildman–Crippen LogP) is 4.31. The summed E-state index contributed by atoms with van der Waals surface area (Å²) in [4.78, 5) is 11.1. The molecular weight excluding hydrogens is 270 g/mol. The molecule has 2 N–H and O–H groups in total. The van der Waals surface area contributed by atoms with Gasteiger partial charge in [0, 0.05) is 41.6 Å². The van der Waals surface area contributed by atoms with Crippen LogP contribution in [0.2, 0.25) is 0 Å². The van der Waals surface area contributed by atoms with Gasteiger partial charge in [0.25, 0.3) is 0 Å². The zero-order chi connectivity index (χ0) is 14.8. The molecule has 0 atom stereocenters. The molecule has 3 heteroatoms. The standard InChI is InChI=1S/C19H17N3/c1-2-4-19-17(3-1)16(13-22-19)7-9-20-12-14-5-6-18-15(11-14)8-10-21-18/h1-6,8,10-13,21-22H,7,9H2. The normalized spacial score (nSPS) is 11.8. The van der Waals surface area contributed by atoms with E-state index in [2.05, 4.69) is 69.7 Å². The zero-order valence-corrected chi connectivity index (χ0v) is 12.2. The summed E-state index contributed by atoms with van der Waals surface area (Å²) >= 11 is 0. The highest BCUT2D eigenvalue weighted by Gasteiger charge is 2.01. The largest absolute Gasteiger partial charge is 0.361 e. The third-order valence-corrected chi connectivity index (χ3v) is 4.00. The van der Waals surface area contributed by atoms with Gasteiger partial charge >= 0.3 is 0 Å². The summed E-state index contributed by atoms with van der Waals surface area (Å²) in [6, 6.07) is 16.8. The van der Waals surface area contributed by atoms with Gasteiger partial charge in [0.05, 0.1) is 0 Å². The first-order chi connectivity index (χ1) is 10.9. The lowest BCUT2D eigenvalue weighted by Gasteiger charge is -1.97. The van der Waals surface area contributed by atoms with Crippen LogP contribution < -0.4 is 0 Å². The summed E-state index contributed by atoms with van der Waals surface area (Å²) in [5.74, 6) is 0. The van der Waals surface area contributed by atoms with Crippen molar-refractivity contribution < 1.29 is 0 Å². The number of H-pyrrole nitrogens is 2. The van der Waals surface area contributed by atoms with Crippen LogP contribution in [-0.2, 0) is 6.42 Å². The van der Waals surface area contributed by atoms with Crippen molar-refractivity contribution >= 4 is 28.0 Å². The molecule has 0 fully saturated rings. The van der Waals surface area contributed by atoms with E-state index in [1.807, 2.05) is 12.4 Å². The zero-order valence-electron chi connectivity index (χ0n) is 12.2. The van der Waals surface area contributed by atoms with Gasteiger partial charge in [-0.05, 0) is 47.2 Å². The van der Waals surface area contributed by atoms with Gasteiger partial charge in [0.1, 0.15) is 0 Å². The molecule has 0 amide bonds.